The van der Waals surface area contributed by atoms with Crippen LogP contribution in [0.4, 0.5) is 0 Å². The molecule has 0 bridgehead atoms. The first-order valence-corrected chi connectivity index (χ1v) is 4.49. The van der Waals surface area contributed by atoms with Gasteiger partial charge >= 0.3 is 0 Å². The Morgan fingerprint density at radius 2 is 2.55 bits per heavy atom. The summed E-state index contributed by atoms with van der Waals surface area (Å²) in [5.74, 6) is 0. The molecule has 4 heteroatoms. The third-order valence-electron chi connectivity index (χ3n) is 1.33. The summed E-state index contributed by atoms with van der Waals surface area (Å²) >= 11 is 7.41. The van der Waals surface area contributed by atoms with Crippen LogP contribution in [0, 0.1) is 0 Å². The molecule has 0 aliphatic heterocycles. The molecule has 0 radical (unpaired) electrons. The normalized spacial score (nSPS) is 13.4. The second kappa shape index (κ2) is 4.07. The van der Waals surface area contributed by atoms with Crippen LogP contribution in [0.2, 0.25) is 5.02 Å². The van der Waals surface area contributed by atoms with Gasteiger partial charge in [0.05, 0.1) is 17.7 Å². The summed E-state index contributed by atoms with van der Waals surface area (Å²) in [5, 5.41) is 2.66. The second-order valence-corrected chi connectivity index (χ2v) is 3.55. The predicted octanol–water partition coefficient (Wildman–Crippen LogP) is 2.05. The predicted molar refractivity (Wildman–Crippen MR) is 48.1 cm³/mol. The molecule has 1 atom stereocenters. The lowest BCUT2D eigenvalue weighted by molar-refractivity contribution is 0.182. The molecule has 0 aromatic carbocycles. The minimum Gasteiger partial charge on any atom is -0.383 e. The molecule has 1 unspecified atom stereocenters. The van der Waals surface area contributed by atoms with Gasteiger partial charge in [0.1, 0.15) is 0 Å². The van der Waals surface area contributed by atoms with E-state index in [0.29, 0.717) is 6.61 Å². The lowest BCUT2D eigenvalue weighted by atomic mass is 10.3. The molecule has 2 nitrogen and oxygen atoms in total. The first kappa shape index (κ1) is 9.00. The van der Waals surface area contributed by atoms with Crippen LogP contribution < -0.4 is 5.73 Å². The molecule has 0 aliphatic rings. The van der Waals surface area contributed by atoms with Gasteiger partial charge in [-0.1, -0.05) is 11.6 Å². The van der Waals surface area contributed by atoms with Crippen molar-refractivity contribution in [3.63, 3.8) is 0 Å². The minimum atomic E-state index is -0.0903. The molecule has 1 rings (SSSR count). The zero-order valence-corrected chi connectivity index (χ0v) is 7.78. The maximum atomic E-state index is 5.85. The zero-order valence-electron chi connectivity index (χ0n) is 6.21. The number of halogens is 1. The Morgan fingerprint density at radius 3 is 3.00 bits per heavy atom. The highest BCUT2D eigenvalue weighted by molar-refractivity contribution is 7.10. The van der Waals surface area contributed by atoms with Gasteiger partial charge in [0.25, 0.3) is 0 Å². The summed E-state index contributed by atoms with van der Waals surface area (Å²) in [7, 11) is 1.63. The van der Waals surface area contributed by atoms with Gasteiger partial charge in [-0.15, -0.1) is 11.3 Å². The summed E-state index contributed by atoms with van der Waals surface area (Å²) in [6.07, 6.45) is 0. The van der Waals surface area contributed by atoms with Crippen molar-refractivity contribution in [2.75, 3.05) is 13.7 Å². The average Bonchev–Trinajstić information content (AvgIpc) is 2.36. The first-order chi connectivity index (χ1) is 5.25. The molecule has 0 spiro atoms. The van der Waals surface area contributed by atoms with Gasteiger partial charge in [0.2, 0.25) is 0 Å². The Labute approximate surface area is 74.9 Å². The molecule has 1 heterocycles. The molecule has 62 valence electrons. The van der Waals surface area contributed by atoms with Crippen LogP contribution in [0.3, 0.4) is 0 Å². The fourth-order valence-electron chi connectivity index (χ4n) is 0.825. The number of nitrogens with two attached hydrogens (primary N) is 1. The van der Waals surface area contributed by atoms with E-state index in [9.17, 15) is 0 Å². The van der Waals surface area contributed by atoms with Crippen molar-refractivity contribution < 1.29 is 4.74 Å². The summed E-state index contributed by atoms with van der Waals surface area (Å²) in [4.78, 5) is 0.994. The maximum Gasteiger partial charge on any atom is 0.0664 e. The standard InChI is InChI=1S/C7H10ClNOS/c1-10-4-6(9)7-5(8)2-3-11-7/h2-3,6H,4,9H2,1H3. The molecular formula is C7H10ClNOS. The largest absolute Gasteiger partial charge is 0.383 e. The van der Waals surface area contributed by atoms with E-state index < -0.39 is 0 Å². The molecular weight excluding hydrogens is 182 g/mol. The molecule has 2 N–H and O–H groups in total. The quantitative estimate of drug-likeness (QED) is 0.794. The van der Waals surface area contributed by atoms with E-state index in [4.69, 9.17) is 22.1 Å². The van der Waals surface area contributed by atoms with Gasteiger partial charge in [-0.05, 0) is 11.4 Å². The van der Waals surface area contributed by atoms with Crippen LogP contribution >= 0.6 is 22.9 Å². The van der Waals surface area contributed by atoms with Crippen LogP contribution in [0.5, 0.6) is 0 Å². The lowest BCUT2D eigenvalue weighted by Gasteiger charge is -2.07. The third-order valence-corrected chi connectivity index (χ3v) is 2.82. The highest BCUT2D eigenvalue weighted by Gasteiger charge is 2.10. The van der Waals surface area contributed by atoms with E-state index in [1.54, 1.807) is 18.4 Å². The number of rotatable bonds is 3. The summed E-state index contributed by atoms with van der Waals surface area (Å²) in [5.41, 5.74) is 5.75. The molecule has 0 amide bonds. The highest BCUT2D eigenvalue weighted by atomic mass is 35.5. The van der Waals surface area contributed by atoms with E-state index in [2.05, 4.69) is 0 Å². The fourth-order valence-corrected chi connectivity index (χ4v) is 2.01. The lowest BCUT2D eigenvalue weighted by Crippen LogP contribution is -2.14. The van der Waals surface area contributed by atoms with E-state index in [1.165, 1.54) is 0 Å². The molecule has 11 heavy (non-hydrogen) atoms. The van der Waals surface area contributed by atoms with Gasteiger partial charge in [-0.25, -0.2) is 0 Å². The number of hydrogen-bond donors (Lipinski definition) is 1. The van der Waals surface area contributed by atoms with E-state index in [0.717, 1.165) is 9.90 Å². The Kier molecular flexibility index (Phi) is 3.33. The van der Waals surface area contributed by atoms with Crippen molar-refractivity contribution in [1.82, 2.24) is 0 Å². The number of methoxy groups -OCH3 is 1. The van der Waals surface area contributed by atoms with Crippen molar-refractivity contribution in [3.05, 3.63) is 21.3 Å². The Morgan fingerprint density at radius 1 is 1.82 bits per heavy atom. The van der Waals surface area contributed by atoms with E-state index in [-0.39, 0.29) is 6.04 Å². The summed E-state index contributed by atoms with van der Waals surface area (Å²) < 4.78 is 4.91. The molecule has 0 saturated heterocycles. The monoisotopic (exact) mass is 191 g/mol. The van der Waals surface area contributed by atoms with Gasteiger partial charge < -0.3 is 10.5 Å². The van der Waals surface area contributed by atoms with Gasteiger partial charge in [-0.2, -0.15) is 0 Å². The van der Waals surface area contributed by atoms with Crippen molar-refractivity contribution >= 4 is 22.9 Å². The molecule has 1 aromatic heterocycles. The van der Waals surface area contributed by atoms with E-state index >= 15 is 0 Å². The van der Waals surface area contributed by atoms with Crippen LogP contribution in [0.15, 0.2) is 11.4 Å². The van der Waals surface area contributed by atoms with Crippen molar-refractivity contribution in [2.45, 2.75) is 6.04 Å². The number of thiophene rings is 1. The summed E-state index contributed by atoms with van der Waals surface area (Å²) in [6.45, 7) is 0.514. The van der Waals surface area contributed by atoms with Crippen LogP contribution in [-0.4, -0.2) is 13.7 Å². The van der Waals surface area contributed by atoms with Crippen molar-refractivity contribution in [3.8, 4) is 0 Å². The highest BCUT2D eigenvalue weighted by Crippen LogP contribution is 2.27. The van der Waals surface area contributed by atoms with Gasteiger partial charge in [0, 0.05) is 12.0 Å². The Hall–Kier alpha value is -0.0900. The van der Waals surface area contributed by atoms with Crippen molar-refractivity contribution in [1.29, 1.82) is 0 Å². The third kappa shape index (κ3) is 2.17. The molecule has 0 saturated carbocycles. The first-order valence-electron chi connectivity index (χ1n) is 3.23. The molecule has 0 fully saturated rings. The summed E-state index contributed by atoms with van der Waals surface area (Å²) in [6, 6.07) is 1.75. The van der Waals surface area contributed by atoms with Crippen LogP contribution in [0.25, 0.3) is 0 Å². The SMILES string of the molecule is COCC(N)c1sccc1Cl. The van der Waals surface area contributed by atoms with Crippen LogP contribution in [0.1, 0.15) is 10.9 Å². The van der Waals surface area contributed by atoms with Gasteiger partial charge in [-0.3, -0.25) is 0 Å². The second-order valence-electron chi connectivity index (χ2n) is 2.19. The Bertz CT molecular complexity index is 226. The van der Waals surface area contributed by atoms with Gasteiger partial charge in [0.15, 0.2) is 0 Å². The smallest absolute Gasteiger partial charge is 0.0664 e. The number of hydrogen-bond acceptors (Lipinski definition) is 3. The topological polar surface area (TPSA) is 35.2 Å². The molecule has 1 aromatic rings. The van der Waals surface area contributed by atoms with Crippen molar-refractivity contribution in [2.24, 2.45) is 5.73 Å². The molecule has 0 aliphatic carbocycles. The zero-order chi connectivity index (χ0) is 8.27. The van der Waals surface area contributed by atoms with Crippen LogP contribution in [-0.2, 0) is 4.74 Å². The maximum absolute atomic E-state index is 5.85. The van der Waals surface area contributed by atoms with E-state index in [1.807, 2.05) is 11.4 Å². The Balaban J connectivity index is 2.67. The average molecular weight is 192 g/mol. The minimum absolute atomic E-state index is 0.0903. The number of ether oxygens (including phenoxy) is 1. The fraction of sp³-hybridized carbons (Fsp3) is 0.429.